The minimum atomic E-state index is -1.66. The Morgan fingerprint density at radius 2 is 2.07 bits per heavy atom. The van der Waals surface area contributed by atoms with Crippen LogP contribution in [0.4, 0.5) is 0 Å². The van der Waals surface area contributed by atoms with Crippen LogP contribution >= 0.6 is 0 Å². The van der Waals surface area contributed by atoms with Crippen LogP contribution in [-0.4, -0.2) is 23.1 Å². The fourth-order valence-corrected chi connectivity index (χ4v) is 0.937. The van der Waals surface area contributed by atoms with Crippen molar-refractivity contribution in [3.8, 4) is 5.75 Å². The molecule has 14 heavy (non-hydrogen) atoms. The first kappa shape index (κ1) is 10.5. The Kier molecular flexibility index (Phi) is 3.44. The molecule has 0 bridgehead atoms. The zero-order valence-corrected chi connectivity index (χ0v) is 7.38. The molecule has 0 saturated carbocycles. The summed E-state index contributed by atoms with van der Waals surface area (Å²) < 4.78 is 4.78. The van der Waals surface area contributed by atoms with E-state index >= 15 is 0 Å². The first-order valence-electron chi connectivity index (χ1n) is 3.94. The van der Waals surface area contributed by atoms with Crippen LogP contribution in [0.5, 0.6) is 5.75 Å². The third-order valence-corrected chi connectivity index (χ3v) is 1.57. The molecule has 72 valence electrons. The molecule has 0 fully saturated rings. The molecule has 0 radical (unpaired) electrons. The molecule has 0 heterocycles. The highest BCUT2D eigenvalue weighted by Gasteiger charge is 2.17. The molecule has 0 spiro atoms. The minimum absolute atomic E-state index is 0.118. The summed E-state index contributed by atoms with van der Waals surface area (Å²) in [6.45, 7) is 3.23. The minimum Gasteiger partial charge on any atom is -0.424 e. The second kappa shape index (κ2) is 4.60. The zero-order chi connectivity index (χ0) is 10.6. The fourth-order valence-electron chi connectivity index (χ4n) is 0.937. The Labute approximate surface area is 81.6 Å². The lowest BCUT2D eigenvalue weighted by Gasteiger charge is -2.06. The normalized spacial score (nSPS) is 9.29. The number of para-hydroxylation sites is 1. The SMILES string of the molecule is C=CC(=O)Oc1ccccc1B(O)O. The van der Waals surface area contributed by atoms with E-state index in [0.29, 0.717) is 0 Å². The van der Waals surface area contributed by atoms with Crippen LogP contribution in [0.3, 0.4) is 0 Å². The third-order valence-electron chi connectivity index (χ3n) is 1.57. The quantitative estimate of drug-likeness (QED) is 0.292. The number of hydrogen-bond acceptors (Lipinski definition) is 4. The predicted molar refractivity (Wildman–Crippen MR) is 52.1 cm³/mol. The Balaban J connectivity index is 2.95. The molecule has 0 aromatic heterocycles. The first-order valence-corrected chi connectivity index (χ1v) is 3.94. The summed E-state index contributed by atoms with van der Waals surface area (Å²) in [7, 11) is -1.66. The van der Waals surface area contributed by atoms with Crippen molar-refractivity contribution in [2.75, 3.05) is 0 Å². The van der Waals surface area contributed by atoms with Gasteiger partial charge in [-0.05, 0) is 6.07 Å². The maximum absolute atomic E-state index is 10.9. The molecule has 0 aliphatic rings. The van der Waals surface area contributed by atoms with Crippen molar-refractivity contribution in [2.45, 2.75) is 0 Å². The summed E-state index contributed by atoms with van der Waals surface area (Å²) in [4.78, 5) is 10.9. The summed E-state index contributed by atoms with van der Waals surface area (Å²) in [6.07, 6.45) is 1.00. The topological polar surface area (TPSA) is 66.8 Å². The lowest BCUT2D eigenvalue weighted by Crippen LogP contribution is -2.31. The Bertz CT molecular complexity index is 348. The summed E-state index contributed by atoms with van der Waals surface area (Å²) in [5, 5.41) is 17.9. The molecule has 1 aromatic rings. The van der Waals surface area contributed by atoms with Gasteiger partial charge in [0.2, 0.25) is 0 Å². The van der Waals surface area contributed by atoms with Crippen LogP contribution in [0.2, 0.25) is 0 Å². The van der Waals surface area contributed by atoms with Gasteiger partial charge in [-0.25, -0.2) is 4.79 Å². The van der Waals surface area contributed by atoms with Crippen LogP contribution in [0.15, 0.2) is 36.9 Å². The van der Waals surface area contributed by atoms with Gasteiger partial charge < -0.3 is 14.8 Å². The molecular formula is C9H9BO4. The van der Waals surface area contributed by atoms with Gasteiger partial charge in [-0.3, -0.25) is 0 Å². The van der Waals surface area contributed by atoms with Gasteiger partial charge in [0.25, 0.3) is 0 Å². The van der Waals surface area contributed by atoms with Crippen molar-refractivity contribution >= 4 is 18.6 Å². The maximum Gasteiger partial charge on any atom is 0.492 e. The summed E-state index contributed by atoms with van der Waals surface area (Å²) in [5.74, 6) is -0.523. The van der Waals surface area contributed by atoms with Crippen LogP contribution < -0.4 is 10.2 Å². The van der Waals surface area contributed by atoms with Gasteiger partial charge in [0.05, 0.1) is 0 Å². The van der Waals surface area contributed by atoms with Gasteiger partial charge in [0.15, 0.2) is 0 Å². The fraction of sp³-hybridized carbons (Fsp3) is 0. The van der Waals surface area contributed by atoms with Crippen molar-refractivity contribution in [1.29, 1.82) is 0 Å². The van der Waals surface area contributed by atoms with E-state index in [0.717, 1.165) is 6.08 Å². The number of carbonyl (C=O) groups is 1. The second-order valence-electron chi connectivity index (χ2n) is 2.54. The lowest BCUT2D eigenvalue weighted by molar-refractivity contribution is -0.128. The number of esters is 1. The van der Waals surface area contributed by atoms with E-state index < -0.39 is 13.1 Å². The van der Waals surface area contributed by atoms with E-state index in [2.05, 4.69) is 6.58 Å². The summed E-state index contributed by atoms with van der Waals surface area (Å²) in [6, 6.07) is 6.16. The standard InChI is InChI=1S/C9H9BO4/c1-2-9(11)14-8-6-4-3-5-7(8)10(12)13/h2-6,12-13H,1H2. The lowest BCUT2D eigenvalue weighted by atomic mass is 9.79. The van der Waals surface area contributed by atoms with Gasteiger partial charge in [0.1, 0.15) is 5.75 Å². The third kappa shape index (κ3) is 2.45. The van der Waals surface area contributed by atoms with E-state index in [1.165, 1.54) is 12.1 Å². The largest absolute Gasteiger partial charge is 0.492 e. The molecule has 0 unspecified atom stereocenters. The van der Waals surface area contributed by atoms with Crippen molar-refractivity contribution in [1.82, 2.24) is 0 Å². The summed E-state index contributed by atoms with van der Waals surface area (Å²) in [5.41, 5.74) is 0.141. The molecule has 2 N–H and O–H groups in total. The van der Waals surface area contributed by atoms with E-state index in [4.69, 9.17) is 14.8 Å². The van der Waals surface area contributed by atoms with E-state index in [1.54, 1.807) is 12.1 Å². The van der Waals surface area contributed by atoms with Crippen molar-refractivity contribution in [3.05, 3.63) is 36.9 Å². The van der Waals surface area contributed by atoms with Crippen LogP contribution in [0, 0.1) is 0 Å². The Hall–Kier alpha value is -1.59. The van der Waals surface area contributed by atoms with Crippen LogP contribution in [0.25, 0.3) is 0 Å². The highest BCUT2D eigenvalue weighted by atomic mass is 16.5. The number of ether oxygens (including phenoxy) is 1. The molecule has 1 aromatic carbocycles. The van der Waals surface area contributed by atoms with Gasteiger partial charge in [-0.15, -0.1) is 0 Å². The zero-order valence-electron chi connectivity index (χ0n) is 7.38. The average molecular weight is 192 g/mol. The molecule has 0 aliphatic carbocycles. The van der Waals surface area contributed by atoms with Crippen molar-refractivity contribution in [2.24, 2.45) is 0 Å². The van der Waals surface area contributed by atoms with Gasteiger partial charge in [-0.1, -0.05) is 24.8 Å². The molecule has 1 rings (SSSR count). The first-order chi connectivity index (χ1) is 6.65. The molecular weight excluding hydrogens is 183 g/mol. The molecule has 0 atom stereocenters. The molecule has 4 nitrogen and oxygen atoms in total. The average Bonchev–Trinajstić information content (AvgIpc) is 2.18. The van der Waals surface area contributed by atoms with E-state index in [-0.39, 0.29) is 11.2 Å². The van der Waals surface area contributed by atoms with Gasteiger partial charge in [0, 0.05) is 11.5 Å². The Morgan fingerprint density at radius 3 is 2.64 bits per heavy atom. The Morgan fingerprint density at radius 1 is 1.43 bits per heavy atom. The highest BCUT2D eigenvalue weighted by molar-refractivity contribution is 6.59. The molecule has 0 aliphatic heterocycles. The maximum atomic E-state index is 10.9. The number of carbonyl (C=O) groups excluding carboxylic acids is 1. The van der Waals surface area contributed by atoms with Crippen LogP contribution in [0.1, 0.15) is 0 Å². The van der Waals surface area contributed by atoms with Gasteiger partial charge >= 0.3 is 13.1 Å². The van der Waals surface area contributed by atoms with Crippen LogP contribution in [-0.2, 0) is 4.79 Å². The summed E-state index contributed by atoms with van der Waals surface area (Å²) >= 11 is 0. The predicted octanol–water partition coefficient (Wildman–Crippen LogP) is -0.542. The number of rotatable bonds is 3. The molecule has 0 saturated heterocycles. The van der Waals surface area contributed by atoms with Crippen molar-refractivity contribution in [3.63, 3.8) is 0 Å². The van der Waals surface area contributed by atoms with Gasteiger partial charge in [-0.2, -0.15) is 0 Å². The van der Waals surface area contributed by atoms with E-state index in [9.17, 15) is 4.79 Å². The highest BCUT2D eigenvalue weighted by Crippen LogP contribution is 2.07. The smallest absolute Gasteiger partial charge is 0.424 e. The second-order valence-corrected chi connectivity index (χ2v) is 2.54. The van der Waals surface area contributed by atoms with E-state index in [1.807, 2.05) is 0 Å². The molecule has 0 amide bonds. The monoisotopic (exact) mass is 192 g/mol. The van der Waals surface area contributed by atoms with Crippen molar-refractivity contribution < 1.29 is 19.6 Å². The molecule has 5 heteroatoms. The number of benzene rings is 1. The number of hydrogen-bond donors (Lipinski definition) is 2.